The zero-order valence-corrected chi connectivity index (χ0v) is 14.2. The molecular weight excluding hydrogens is 314 g/mol. The number of aryl methyl sites for hydroxylation is 1. The van der Waals surface area contributed by atoms with E-state index in [0.29, 0.717) is 18.1 Å². The highest BCUT2D eigenvalue weighted by atomic mass is 16.1. The van der Waals surface area contributed by atoms with E-state index in [2.05, 4.69) is 38.6 Å². The summed E-state index contributed by atoms with van der Waals surface area (Å²) < 4.78 is 0. The number of benzene rings is 1. The number of anilines is 2. The first-order valence-corrected chi connectivity index (χ1v) is 7.96. The lowest BCUT2D eigenvalue weighted by Crippen LogP contribution is -2.23. The third-order valence-electron chi connectivity index (χ3n) is 3.97. The zero-order valence-electron chi connectivity index (χ0n) is 14.2. The summed E-state index contributed by atoms with van der Waals surface area (Å²) in [5.74, 6) is 0.245. The average molecular weight is 333 g/mol. The quantitative estimate of drug-likeness (QED) is 0.750. The average Bonchev–Trinajstić information content (AvgIpc) is 2.65. The van der Waals surface area contributed by atoms with Gasteiger partial charge in [0.15, 0.2) is 0 Å². The Labute approximate surface area is 146 Å². The van der Waals surface area contributed by atoms with Gasteiger partial charge in [0.05, 0.1) is 5.56 Å². The molecular formula is C19H19N5O. The Morgan fingerprint density at radius 3 is 2.48 bits per heavy atom. The molecule has 0 unspecified atom stereocenters. The van der Waals surface area contributed by atoms with Crippen LogP contribution in [0.3, 0.4) is 0 Å². The molecule has 0 radical (unpaired) electrons. The van der Waals surface area contributed by atoms with Crippen LogP contribution in [0.4, 0.5) is 11.6 Å². The number of hydrogen-bond acceptors (Lipinski definition) is 5. The van der Waals surface area contributed by atoms with E-state index in [4.69, 9.17) is 0 Å². The number of nitrogens with one attached hydrogen (secondary N) is 2. The number of amides is 1. The Kier molecular flexibility index (Phi) is 4.99. The molecule has 3 rings (SSSR count). The van der Waals surface area contributed by atoms with Crippen molar-refractivity contribution in [2.24, 2.45) is 0 Å². The highest BCUT2D eigenvalue weighted by molar-refractivity contribution is 5.93. The maximum absolute atomic E-state index is 12.2. The van der Waals surface area contributed by atoms with Gasteiger partial charge in [0.2, 0.25) is 5.95 Å². The minimum absolute atomic E-state index is 0.213. The Morgan fingerprint density at radius 2 is 1.76 bits per heavy atom. The van der Waals surface area contributed by atoms with Gasteiger partial charge in [-0.1, -0.05) is 12.1 Å². The third kappa shape index (κ3) is 4.17. The molecule has 1 aromatic carbocycles. The van der Waals surface area contributed by atoms with Gasteiger partial charge in [0.25, 0.3) is 5.91 Å². The maximum Gasteiger partial charge on any atom is 0.254 e. The number of pyridine rings is 1. The largest absolute Gasteiger partial charge is 0.348 e. The van der Waals surface area contributed by atoms with Crippen LogP contribution >= 0.6 is 0 Å². The Hall–Kier alpha value is -3.28. The SMILES string of the molecule is Cc1cccc(Nc2ncc(C(=O)NCc3ccncc3)cn2)c1C. The number of carbonyl (C=O) groups excluding carboxylic acids is 1. The number of nitrogens with zero attached hydrogens (tertiary/aromatic N) is 3. The second-order valence-corrected chi connectivity index (χ2v) is 5.71. The molecule has 0 spiro atoms. The van der Waals surface area contributed by atoms with Crippen LogP contribution in [-0.4, -0.2) is 20.9 Å². The molecule has 126 valence electrons. The molecule has 2 aromatic heterocycles. The van der Waals surface area contributed by atoms with Crippen LogP contribution in [0.25, 0.3) is 0 Å². The van der Waals surface area contributed by atoms with Crippen molar-refractivity contribution >= 4 is 17.5 Å². The van der Waals surface area contributed by atoms with Gasteiger partial charge in [0.1, 0.15) is 0 Å². The number of carbonyl (C=O) groups is 1. The molecule has 0 saturated heterocycles. The fourth-order valence-corrected chi connectivity index (χ4v) is 2.30. The maximum atomic E-state index is 12.2. The van der Waals surface area contributed by atoms with E-state index in [1.807, 2.05) is 31.2 Å². The van der Waals surface area contributed by atoms with Gasteiger partial charge < -0.3 is 10.6 Å². The highest BCUT2D eigenvalue weighted by Gasteiger charge is 2.08. The van der Waals surface area contributed by atoms with Crippen LogP contribution in [0.5, 0.6) is 0 Å². The molecule has 3 aromatic rings. The summed E-state index contributed by atoms with van der Waals surface area (Å²) in [6, 6.07) is 9.71. The lowest BCUT2D eigenvalue weighted by Gasteiger charge is -2.10. The third-order valence-corrected chi connectivity index (χ3v) is 3.97. The molecule has 0 aliphatic carbocycles. The minimum atomic E-state index is -0.213. The van der Waals surface area contributed by atoms with E-state index in [-0.39, 0.29) is 5.91 Å². The second kappa shape index (κ2) is 7.53. The second-order valence-electron chi connectivity index (χ2n) is 5.71. The van der Waals surface area contributed by atoms with Crippen molar-refractivity contribution in [1.82, 2.24) is 20.3 Å². The molecule has 6 nitrogen and oxygen atoms in total. The lowest BCUT2D eigenvalue weighted by atomic mass is 10.1. The summed E-state index contributed by atoms with van der Waals surface area (Å²) in [5, 5.41) is 6.01. The van der Waals surface area contributed by atoms with Crippen LogP contribution in [0.1, 0.15) is 27.0 Å². The summed E-state index contributed by atoms with van der Waals surface area (Å²) >= 11 is 0. The van der Waals surface area contributed by atoms with Crippen molar-refractivity contribution in [2.75, 3.05) is 5.32 Å². The van der Waals surface area contributed by atoms with Crippen molar-refractivity contribution in [3.05, 3.63) is 77.4 Å². The Morgan fingerprint density at radius 1 is 1.04 bits per heavy atom. The molecule has 0 aliphatic rings. The van der Waals surface area contributed by atoms with Gasteiger partial charge in [-0.3, -0.25) is 9.78 Å². The normalized spacial score (nSPS) is 10.3. The molecule has 1 amide bonds. The molecule has 25 heavy (non-hydrogen) atoms. The minimum Gasteiger partial charge on any atom is -0.348 e. The van der Waals surface area contributed by atoms with Crippen molar-refractivity contribution < 1.29 is 4.79 Å². The standard InChI is InChI=1S/C19H19N5O/c1-13-4-3-5-17(14(13)2)24-19-22-11-16(12-23-19)18(25)21-10-15-6-8-20-9-7-15/h3-9,11-12H,10H2,1-2H3,(H,21,25)(H,22,23,24). The van der Waals surface area contributed by atoms with Gasteiger partial charge in [-0.15, -0.1) is 0 Å². The van der Waals surface area contributed by atoms with E-state index in [9.17, 15) is 4.79 Å². The summed E-state index contributed by atoms with van der Waals surface area (Å²) in [4.78, 5) is 24.6. The van der Waals surface area contributed by atoms with E-state index >= 15 is 0 Å². The Balaban J connectivity index is 1.63. The smallest absolute Gasteiger partial charge is 0.254 e. The van der Waals surface area contributed by atoms with E-state index in [1.165, 1.54) is 18.0 Å². The molecule has 0 bridgehead atoms. The van der Waals surface area contributed by atoms with Gasteiger partial charge in [0, 0.05) is 37.0 Å². The van der Waals surface area contributed by atoms with E-state index in [1.54, 1.807) is 12.4 Å². The zero-order chi connectivity index (χ0) is 17.6. The first-order chi connectivity index (χ1) is 12.1. The van der Waals surface area contributed by atoms with Gasteiger partial charge in [-0.2, -0.15) is 0 Å². The topological polar surface area (TPSA) is 79.8 Å². The molecule has 0 saturated carbocycles. The summed E-state index contributed by atoms with van der Waals surface area (Å²) in [6.07, 6.45) is 6.42. The summed E-state index contributed by atoms with van der Waals surface area (Å²) in [5.41, 5.74) is 4.69. The van der Waals surface area contributed by atoms with E-state index in [0.717, 1.165) is 16.8 Å². The fraction of sp³-hybridized carbons (Fsp3) is 0.158. The summed E-state index contributed by atoms with van der Waals surface area (Å²) in [6.45, 7) is 4.53. The molecule has 0 atom stereocenters. The van der Waals surface area contributed by atoms with Crippen molar-refractivity contribution in [3.8, 4) is 0 Å². The Bertz CT molecular complexity index is 863. The van der Waals surface area contributed by atoms with Crippen molar-refractivity contribution in [1.29, 1.82) is 0 Å². The molecule has 2 N–H and O–H groups in total. The van der Waals surface area contributed by atoms with Gasteiger partial charge >= 0.3 is 0 Å². The first-order valence-electron chi connectivity index (χ1n) is 7.96. The predicted octanol–water partition coefficient (Wildman–Crippen LogP) is 3.16. The predicted molar refractivity (Wildman–Crippen MR) is 96.6 cm³/mol. The van der Waals surface area contributed by atoms with Gasteiger partial charge in [-0.05, 0) is 48.7 Å². The van der Waals surface area contributed by atoms with Crippen LogP contribution in [0.2, 0.25) is 0 Å². The van der Waals surface area contributed by atoms with Crippen LogP contribution in [-0.2, 0) is 6.54 Å². The summed E-state index contributed by atoms with van der Waals surface area (Å²) in [7, 11) is 0. The fourth-order valence-electron chi connectivity index (χ4n) is 2.30. The highest BCUT2D eigenvalue weighted by Crippen LogP contribution is 2.20. The van der Waals surface area contributed by atoms with Crippen LogP contribution < -0.4 is 10.6 Å². The number of hydrogen-bond donors (Lipinski definition) is 2. The molecule has 0 aliphatic heterocycles. The van der Waals surface area contributed by atoms with Crippen LogP contribution in [0.15, 0.2) is 55.1 Å². The van der Waals surface area contributed by atoms with Crippen molar-refractivity contribution in [2.45, 2.75) is 20.4 Å². The number of rotatable bonds is 5. The molecule has 2 heterocycles. The number of aromatic nitrogens is 3. The molecule has 6 heteroatoms. The van der Waals surface area contributed by atoms with Gasteiger partial charge in [-0.25, -0.2) is 9.97 Å². The van der Waals surface area contributed by atoms with Crippen molar-refractivity contribution in [3.63, 3.8) is 0 Å². The lowest BCUT2D eigenvalue weighted by molar-refractivity contribution is 0.0950. The first kappa shape index (κ1) is 16.6. The van der Waals surface area contributed by atoms with Crippen LogP contribution in [0, 0.1) is 13.8 Å². The van der Waals surface area contributed by atoms with E-state index < -0.39 is 0 Å². The molecule has 0 fully saturated rings. The monoisotopic (exact) mass is 333 g/mol.